The molecular formula is C18H29NO3. The average molecular weight is 307 g/mol. The molecule has 1 spiro atoms. The molecule has 1 unspecified atom stereocenters. The number of Topliss-reactive ketones (excluding diaryl/α,β-unsaturated/α-hetero) is 1. The number of ether oxygens (including phenoxy) is 2. The molecule has 4 heteroatoms. The molecule has 0 amide bonds. The van der Waals surface area contributed by atoms with Crippen LogP contribution in [0.1, 0.15) is 52.9 Å². The maximum Gasteiger partial charge on any atom is 0.233 e. The summed E-state index contributed by atoms with van der Waals surface area (Å²) >= 11 is 0. The van der Waals surface area contributed by atoms with Crippen molar-refractivity contribution in [1.29, 1.82) is 0 Å². The highest BCUT2D eigenvalue weighted by Crippen LogP contribution is 2.59. The summed E-state index contributed by atoms with van der Waals surface area (Å²) in [6, 6.07) is 0. The molecule has 4 aliphatic rings. The van der Waals surface area contributed by atoms with E-state index in [0.29, 0.717) is 5.78 Å². The van der Waals surface area contributed by atoms with Gasteiger partial charge in [0, 0.05) is 36.8 Å². The van der Waals surface area contributed by atoms with Crippen molar-refractivity contribution in [3.05, 3.63) is 0 Å². The summed E-state index contributed by atoms with van der Waals surface area (Å²) in [4.78, 5) is 15.1. The van der Waals surface area contributed by atoms with E-state index in [1.54, 1.807) is 0 Å². The molecule has 4 fully saturated rings. The van der Waals surface area contributed by atoms with E-state index in [-0.39, 0.29) is 22.7 Å². The van der Waals surface area contributed by atoms with E-state index in [4.69, 9.17) is 9.47 Å². The first-order valence-corrected chi connectivity index (χ1v) is 8.98. The largest absolute Gasteiger partial charge is 0.336 e. The number of carbonyl (C=O) groups excluding carboxylic acids is 1. The number of hydrogen-bond acceptors (Lipinski definition) is 4. The molecule has 0 aromatic carbocycles. The number of rotatable bonds is 1. The van der Waals surface area contributed by atoms with Crippen LogP contribution in [0.15, 0.2) is 0 Å². The Labute approximate surface area is 133 Å². The zero-order chi connectivity index (χ0) is 15.6. The summed E-state index contributed by atoms with van der Waals surface area (Å²) in [6.07, 6.45) is 5.09. The van der Waals surface area contributed by atoms with Gasteiger partial charge in [-0.1, -0.05) is 20.8 Å². The lowest BCUT2D eigenvalue weighted by Gasteiger charge is -2.48. The Morgan fingerprint density at radius 3 is 2.59 bits per heavy atom. The number of nitrogens with zero attached hydrogens (tertiary/aromatic N) is 1. The van der Waals surface area contributed by atoms with E-state index in [1.807, 2.05) is 0 Å². The van der Waals surface area contributed by atoms with Crippen LogP contribution in [0.25, 0.3) is 0 Å². The summed E-state index contributed by atoms with van der Waals surface area (Å²) in [7, 11) is 0. The third-order valence-corrected chi connectivity index (χ3v) is 6.82. The number of ketones is 1. The minimum absolute atomic E-state index is 0.0691. The Kier molecular flexibility index (Phi) is 3.28. The molecule has 124 valence electrons. The number of hydrogen-bond donors (Lipinski definition) is 0. The zero-order valence-corrected chi connectivity index (χ0v) is 14.2. The Bertz CT molecular complexity index is 479. The monoisotopic (exact) mass is 307 g/mol. The first kappa shape index (κ1) is 15.1. The fourth-order valence-corrected chi connectivity index (χ4v) is 5.48. The van der Waals surface area contributed by atoms with Crippen LogP contribution < -0.4 is 0 Å². The van der Waals surface area contributed by atoms with Crippen LogP contribution in [-0.4, -0.2) is 42.9 Å². The molecule has 4 atom stereocenters. The minimum Gasteiger partial charge on any atom is -0.336 e. The van der Waals surface area contributed by atoms with Gasteiger partial charge >= 0.3 is 0 Å². The van der Waals surface area contributed by atoms with Crippen molar-refractivity contribution in [3.8, 4) is 0 Å². The standard InChI is InChI=1S/C18H29NO3/c1-4-17-7-5-14(20)15(17)13-6-9-19(10-8-17)18(13)21-11-16(2,3)12-22-18/h13,15H,4-12H2,1-3H3/t13-,15+,17+/m0/s1. The van der Waals surface area contributed by atoms with E-state index >= 15 is 0 Å². The highest BCUT2D eigenvalue weighted by Gasteiger charge is 2.65. The number of carbonyl (C=O) groups is 1. The van der Waals surface area contributed by atoms with Crippen LogP contribution in [-0.2, 0) is 14.3 Å². The summed E-state index contributed by atoms with van der Waals surface area (Å²) in [6.45, 7) is 10.1. The Balaban J connectivity index is 1.72. The van der Waals surface area contributed by atoms with Gasteiger partial charge in [-0.15, -0.1) is 0 Å². The van der Waals surface area contributed by atoms with Gasteiger partial charge in [-0.05, 0) is 31.1 Å². The second-order valence-electron chi connectivity index (χ2n) is 8.66. The van der Waals surface area contributed by atoms with Gasteiger partial charge in [0.15, 0.2) is 0 Å². The highest BCUT2D eigenvalue weighted by atomic mass is 16.7. The molecule has 0 N–H and O–H groups in total. The van der Waals surface area contributed by atoms with Gasteiger partial charge in [-0.3, -0.25) is 9.69 Å². The summed E-state index contributed by atoms with van der Waals surface area (Å²) < 4.78 is 12.8. The van der Waals surface area contributed by atoms with Gasteiger partial charge in [0.1, 0.15) is 5.78 Å². The van der Waals surface area contributed by atoms with Crippen molar-refractivity contribution < 1.29 is 14.3 Å². The van der Waals surface area contributed by atoms with Gasteiger partial charge < -0.3 is 9.47 Å². The van der Waals surface area contributed by atoms with Crippen LogP contribution in [0.4, 0.5) is 0 Å². The third kappa shape index (κ3) is 1.90. The molecule has 4 rings (SSSR count). The Hall–Kier alpha value is -0.450. The van der Waals surface area contributed by atoms with Gasteiger partial charge in [-0.2, -0.15) is 0 Å². The molecule has 2 bridgehead atoms. The van der Waals surface area contributed by atoms with E-state index in [1.165, 1.54) is 0 Å². The lowest BCUT2D eigenvalue weighted by Crippen LogP contribution is -2.59. The fraction of sp³-hybridized carbons (Fsp3) is 0.944. The first-order chi connectivity index (χ1) is 10.4. The topological polar surface area (TPSA) is 38.8 Å². The molecule has 0 aromatic heterocycles. The molecular weight excluding hydrogens is 278 g/mol. The molecule has 3 heterocycles. The predicted octanol–water partition coefficient (Wildman–Crippen LogP) is 2.81. The van der Waals surface area contributed by atoms with Crippen molar-refractivity contribution in [2.45, 2.75) is 58.8 Å². The average Bonchev–Trinajstić information content (AvgIpc) is 2.93. The first-order valence-electron chi connectivity index (χ1n) is 8.98. The molecule has 4 nitrogen and oxygen atoms in total. The van der Waals surface area contributed by atoms with E-state index < -0.39 is 5.91 Å². The maximum atomic E-state index is 12.7. The maximum absolute atomic E-state index is 12.7. The van der Waals surface area contributed by atoms with Crippen LogP contribution in [0.5, 0.6) is 0 Å². The normalized spacial score (nSPS) is 45.8. The van der Waals surface area contributed by atoms with Crippen molar-refractivity contribution in [2.75, 3.05) is 26.3 Å². The summed E-state index contributed by atoms with van der Waals surface area (Å²) in [5.74, 6) is 0.219. The zero-order valence-electron chi connectivity index (χ0n) is 14.2. The van der Waals surface area contributed by atoms with Crippen LogP contribution >= 0.6 is 0 Å². The Morgan fingerprint density at radius 1 is 1.18 bits per heavy atom. The predicted molar refractivity (Wildman–Crippen MR) is 83.2 cm³/mol. The lowest BCUT2D eigenvalue weighted by molar-refractivity contribution is -0.370. The van der Waals surface area contributed by atoms with E-state index in [9.17, 15) is 4.79 Å². The highest BCUT2D eigenvalue weighted by molar-refractivity contribution is 5.84. The van der Waals surface area contributed by atoms with Crippen LogP contribution in [0.3, 0.4) is 0 Å². The molecule has 1 saturated carbocycles. The second kappa shape index (κ2) is 4.78. The van der Waals surface area contributed by atoms with Crippen LogP contribution in [0, 0.1) is 22.7 Å². The SMILES string of the molecule is CC[C@]12CCC(=O)[C@H]1[C@@H]1CCN(CC2)C12OCC(C)(C)CO2. The van der Waals surface area contributed by atoms with Crippen molar-refractivity contribution >= 4 is 5.78 Å². The quantitative estimate of drug-likeness (QED) is 0.747. The third-order valence-electron chi connectivity index (χ3n) is 6.82. The van der Waals surface area contributed by atoms with E-state index in [2.05, 4.69) is 25.7 Å². The van der Waals surface area contributed by atoms with Gasteiger partial charge in [-0.25, -0.2) is 0 Å². The smallest absolute Gasteiger partial charge is 0.233 e. The molecule has 3 aliphatic heterocycles. The van der Waals surface area contributed by atoms with Gasteiger partial charge in [0.2, 0.25) is 5.91 Å². The molecule has 22 heavy (non-hydrogen) atoms. The van der Waals surface area contributed by atoms with Crippen molar-refractivity contribution in [2.24, 2.45) is 22.7 Å². The minimum atomic E-state index is -0.614. The summed E-state index contributed by atoms with van der Waals surface area (Å²) in [5.41, 5.74) is 0.267. The van der Waals surface area contributed by atoms with Crippen molar-refractivity contribution in [1.82, 2.24) is 4.90 Å². The van der Waals surface area contributed by atoms with Gasteiger partial charge in [0.25, 0.3) is 0 Å². The fourth-order valence-electron chi connectivity index (χ4n) is 5.48. The second-order valence-corrected chi connectivity index (χ2v) is 8.66. The van der Waals surface area contributed by atoms with Gasteiger partial charge in [0.05, 0.1) is 13.2 Å². The molecule has 1 aliphatic carbocycles. The molecule has 0 radical (unpaired) electrons. The van der Waals surface area contributed by atoms with E-state index in [0.717, 1.165) is 58.4 Å². The molecule has 3 saturated heterocycles. The Morgan fingerprint density at radius 2 is 1.91 bits per heavy atom. The number of fused-ring (bicyclic) bond motifs is 2. The van der Waals surface area contributed by atoms with Crippen molar-refractivity contribution in [3.63, 3.8) is 0 Å². The molecule has 0 aromatic rings. The summed E-state index contributed by atoms with van der Waals surface area (Å²) in [5, 5.41) is 0. The van der Waals surface area contributed by atoms with Crippen LogP contribution in [0.2, 0.25) is 0 Å². The lowest BCUT2D eigenvalue weighted by atomic mass is 9.67.